The number of aliphatic hydroxyl groups excluding tert-OH is 3. The van der Waals surface area contributed by atoms with Crippen molar-refractivity contribution in [2.75, 3.05) is 12.4 Å². The number of ether oxygens (including phenoxy) is 1. The molecule has 0 spiro atoms. The van der Waals surface area contributed by atoms with Gasteiger partial charge in [-0.05, 0) is 5.56 Å². The van der Waals surface area contributed by atoms with Crippen molar-refractivity contribution in [3.8, 4) is 0 Å². The average Bonchev–Trinajstić information content (AvgIpc) is 3.28. The zero-order valence-electron chi connectivity index (χ0n) is 14.9. The smallest absolute Gasteiger partial charge is 0.181 e. The first kappa shape index (κ1) is 19.0. The molecule has 0 radical (unpaired) electrons. The first-order valence-electron chi connectivity index (χ1n) is 8.84. The number of rotatable bonds is 6. The first-order valence-corrected chi connectivity index (χ1v) is 9.82. The van der Waals surface area contributed by atoms with E-state index in [0.717, 1.165) is 21.7 Å². The lowest BCUT2D eigenvalue weighted by molar-refractivity contribution is -0.0566. The van der Waals surface area contributed by atoms with E-state index in [9.17, 15) is 15.3 Å². The Morgan fingerprint density at radius 1 is 1.14 bits per heavy atom. The van der Waals surface area contributed by atoms with Gasteiger partial charge in [-0.2, -0.15) is 5.10 Å². The number of aliphatic hydroxyl groups is 3. The Kier molecular flexibility index (Phi) is 5.69. The zero-order chi connectivity index (χ0) is 19.5. The van der Waals surface area contributed by atoms with Gasteiger partial charge in [0.2, 0.25) is 0 Å². The minimum absolute atomic E-state index is 0.391. The number of nitrogens with zero attached hydrogens (tertiary/aromatic N) is 4. The van der Waals surface area contributed by atoms with Crippen LogP contribution in [-0.2, 0) is 4.74 Å². The normalized spacial score (nSPS) is 25.1. The first-order chi connectivity index (χ1) is 13.7. The minimum Gasteiger partial charge on any atom is -0.394 e. The number of benzene rings is 1. The van der Waals surface area contributed by atoms with Gasteiger partial charge in [0, 0.05) is 5.75 Å². The highest BCUT2D eigenvalue weighted by molar-refractivity contribution is 7.99. The summed E-state index contributed by atoms with van der Waals surface area (Å²) in [7, 11) is 0. The largest absolute Gasteiger partial charge is 0.394 e. The van der Waals surface area contributed by atoms with Crippen molar-refractivity contribution in [2.45, 2.75) is 29.6 Å². The van der Waals surface area contributed by atoms with Crippen LogP contribution < -0.4 is 0 Å². The summed E-state index contributed by atoms with van der Waals surface area (Å²) in [4.78, 5) is 8.58. The maximum atomic E-state index is 10.2. The molecule has 1 aliphatic heterocycles. The van der Waals surface area contributed by atoms with Gasteiger partial charge in [-0.25, -0.2) is 14.6 Å². The molecule has 8 nitrogen and oxygen atoms in total. The van der Waals surface area contributed by atoms with Crippen LogP contribution in [0.4, 0.5) is 0 Å². The van der Waals surface area contributed by atoms with Gasteiger partial charge in [0.05, 0.1) is 18.2 Å². The van der Waals surface area contributed by atoms with E-state index in [0.29, 0.717) is 5.65 Å². The van der Waals surface area contributed by atoms with E-state index in [1.54, 1.807) is 18.0 Å². The lowest BCUT2D eigenvalue weighted by atomic mass is 10.1. The van der Waals surface area contributed by atoms with Gasteiger partial charge < -0.3 is 20.1 Å². The Balaban J connectivity index is 1.52. The molecule has 0 saturated carbocycles. The van der Waals surface area contributed by atoms with E-state index in [1.165, 1.54) is 11.0 Å². The Morgan fingerprint density at radius 3 is 2.71 bits per heavy atom. The Labute approximate surface area is 165 Å². The molecule has 3 heterocycles. The van der Waals surface area contributed by atoms with Crippen LogP contribution in [0.2, 0.25) is 0 Å². The van der Waals surface area contributed by atoms with Gasteiger partial charge in [-0.3, -0.25) is 0 Å². The van der Waals surface area contributed by atoms with E-state index in [4.69, 9.17) is 4.74 Å². The molecule has 3 aromatic rings. The number of fused-ring (bicyclic) bond motifs is 1. The lowest BCUT2D eigenvalue weighted by Gasteiger charge is -2.15. The molecule has 4 atom stereocenters. The summed E-state index contributed by atoms with van der Waals surface area (Å²) < 4.78 is 6.97. The van der Waals surface area contributed by atoms with Crippen LogP contribution in [0.1, 0.15) is 11.8 Å². The van der Waals surface area contributed by atoms with Gasteiger partial charge in [0.1, 0.15) is 29.7 Å². The monoisotopic (exact) mass is 400 g/mol. The maximum Gasteiger partial charge on any atom is 0.181 e. The number of hydrogen-bond donors (Lipinski definition) is 3. The summed E-state index contributed by atoms with van der Waals surface area (Å²) >= 11 is 1.55. The molecule has 146 valence electrons. The van der Waals surface area contributed by atoms with Crippen molar-refractivity contribution in [3.05, 3.63) is 54.5 Å². The molecular weight excluding hydrogens is 380 g/mol. The molecule has 1 aliphatic rings. The SMILES string of the molecule is OCC1OC(n2ncc3c(SC/C=C\c4ccccc4)ncnc32)C(O)C1O. The average molecular weight is 400 g/mol. The highest BCUT2D eigenvalue weighted by Crippen LogP contribution is 2.32. The van der Waals surface area contributed by atoms with Crippen molar-refractivity contribution in [1.82, 2.24) is 19.7 Å². The topological polar surface area (TPSA) is 114 Å². The van der Waals surface area contributed by atoms with Crippen LogP contribution >= 0.6 is 11.8 Å². The Hall–Kier alpha value is -2.30. The highest BCUT2D eigenvalue weighted by Gasteiger charge is 2.44. The molecule has 0 amide bonds. The lowest BCUT2D eigenvalue weighted by Crippen LogP contribution is -2.33. The summed E-state index contributed by atoms with van der Waals surface area (Å²) in [6, 6.07) is 10.0. The highest BCUT2D eigenvalue weighted by atomic mass is 32.2. The second-order valence-corrected chi connectivity index (χ2v) is 7.37. The molecule has 4 unspecified atom stereocenters. The van der Waals surface area contributed by atoms with Crippen LogP contribution in [0.25, 0.3) is 17.1 Å². The van der Waals surface area contributed by atoms with Crippen LogP contribution in [0, 0.1) is 0 Å². The third-order valence-corrected chi connectivity index (χ3v) is 5.50. The number of aromatic nitrogens is 4. The van der Waals surface area contributed by atoms with Crippen molar-refractivity contribution in [1.29, 1.82) is 0 Å². The summed E-state index contributed by atoms with van der Waals surface area (Å²) in [5, 5.41) is 35.2. The zero-order valence-corrected chi connectivity index (χ0v) is 15.7. The molecular formula is C19H20N4O4S. The molecule has 1 saturated heterocycles. The Morgan fingerprint density at radius 2 is 1.96 bits per heavy atom. The van der Waals surface area contributed by atoms with Crippen molar-refractivity contribution < 1.29 is 20.1 Å². The fourth-order valence-electron chi connectivity index (χ4n) is 3.10. The minimum atomic E-state index is -1.21. The van der Waals surface area contributed by atoms with E-state index < -0.39 is 31.1 Å². The maximum absolute atomic E-state index is 10.2. The van der Waals surface area contributed by atoms with Gasteiger partial charge in [-0.15, -0.1) is 11.8 Å². The van der Waals surface area contributed by atoms with Crippen molar-refractivity contribution in [2.24, 2.45) is 0 Å². The summed E-state index contributed by atoms with van der Waals surface area (Å²) in [5.74, 6) is 0.722. The van der Waals surface area contributed by atoms with Gasteiger partial charge in [0.25, 0.3) is 0 Å². The molecule has 1 aromatic carbocycles. The molecule has 0 bridgehead atoms. The fraction of sp³-hybridized carbons (Fsp3) is 0.316. The third-order valence-electron chi connectivity index (χ3n) is 4.54. The molecule has 2 aromatic heterocycles. The summed E-state index contributed by atoms with van der Waals surface area (Å²) in [6.07, 6.45) is 2.98. The van der Waals surface area contributed by atoms with E-state index in [2.05, 4.69) is 21.1 Å². The predicted molar refractivity (Wildman–Crippen MR) is 105 cm³/mol. The quantitative estimate of drug-likeness (QED) is 0.418. The number of thioether (sulfide) groups is 1. The van der Waals surface area contributed by atoms with Crippen LogP contribution in [0.15, 0.2) is 54.0 Å². The second kappa shape index (κ2) is 8.38. The van der Waals surface area contributed by atoms with Crippen LogP contribution in [0.3, 0.4) is 0 Å². The molecule has 28 heavy (non-hydrogen) atoms. The summed E-state index contributed by atoms with van der Waals surface area (Å²) in [5.41, 5.74) is 1.63. The summed E-state index contributed by atoms with van der Waals surface area (Å²) in [6.45, 7) is -0.391. The predicted octanol–water partition coefficient (Wildman–Crippen LogP) is 1.24. The molecule has 1 fully saturated rings. The number of hydrogen-bond acceptors (Lipinski definition) is 8. The molecule has 9 heteroatoms. The van der Waals surface area contributed by atoms with E-state index in [1.807, 2.05) is 36.4 Å². The standard InChI is InChI=1S/C19H20N4O4S/c24-10-14-15(25)16(26)19(27-14)23-17-13(9-22-23)18(21-11-20-17)28-8-4-7-12-5-2-1-3-6-12/h1-7,9,11,14-16,19,24-26H,8,10H2/b7-4-. The van der Waals surface area contributed by atoms with Gasteiger partial charge in [-0.1, -0.05) is 42.5 Å². The van der Waals surface area contributed by atoms with E-state index in [-0.39, 0.29) is 0 Å². The van der Waals surface area contributed by atoms with E-state index >= 15 is 0 Å². The van der Waals surface area contributed by atoms with Gasteiger partial charge >= 0.3 is 0 Å². The molecule has 3 N–H and O–H groups in total. The third kappa shape index (κ3) is 3.67. The van der Waals surface area contributed by atoms with Crippen LogP contribution in [-0.4, -0.2) is 65.7 Å². The van der Waals surface area contributed by atoms with Gasteiger partial charge in [0.15, 0.2) is 11.9 Å². The second-order valence-electron chi connectivity index (χ2n) is 6.36. The Bertz CT molecular complexity index is 965. The van der Waals surface area contributed by atoms with Crippen molar-refractivity contribution >= 4 is 28.9 Å². The van der Waals surface area contributed by atoms with Crippen molar-refractivity contribution in [3.63, 3.8) is 0 Å². The van der Waals surface area contributed by atoms with Crippen LogP contribution in [0.5, 0.6) is 0 Å². The molecule has 4 rings (SSSR count). The fourth-order valence-corrected chi connectivity index (χ4v) is 3.87. The molecule has 0 aliphatic carbocycles.